The maximum absolute atomic E-state index is 11.5. The summed E-state index contributed by atoms with van der Waals surface area (Å²) in [6.07, 6.45) is 4.23. The number of carboxylic acid groups (broad SMARTS) is 1. The van der Waals surface area contributed by atoms with Gasteiger partial charge in [0.1, 0.15) is 0 Å². The van der Waals surface area contributed by atoms with Crippen molar-refractivity contribution >= 4 is 29.3 Å². The normalized spacial score (nSPS) is 17.1. The zero-order valence-electron chi connectivity index (χ0n) is 10.3. The summed E-state index contributed by atoms with van der Waals surface area (Å²) in [5.74, 6) is -0.144. The van der Waals surface area contributed by atoms with Crippen LogP contribution >= 0.6 is 23.4 Å². The van der Waals surface area contributed by atoms with E-state index < -0.39 is 11.4 Å². The van der Waals surface area contributed by atoms with E-state index in [0.717, 1.165) is 16.9 Å². The molecule has 0 unspecified atom stereocenters. The summed E-state index contributed by atoms with van der Waals surface area (Å²) in [5, 5.41) is 9.92. The highest BCUT2D eigenvalue weighted by molar-refractivity contribution is 7.98. The first-order chi connectivity index (χ1) is 8.55. The van der Waals surface area contributed by atoms with Gasteiger partial charge < -0.3 is 9.84 Å². The summed E-state index contributed by atoms with van der Waals surface area (Å²) in [6.45, 7) is 0. The van der Waals surface area contributed by atoms with E-state index in [1.54, 1.807) is 13.2 Å². The Morgan fingerprint density at radius 3 is 2.56 bits per heavy atom. The van der Waals surface area contributed by atoms with E-state index in [1.165, 1.54) is 11.8 Å². The van der Waals surface area contributed by atoms with Crippen molar-refractivity contribution in [1.82, 2.24) is 0 Å². The molecule has 2 rings (SSSR count). The Balaban J connectivity index is 2.52. The zero-order valence-corrected chi connectivity index (χ0v) is 11.9. The summed E-state index contributed by atoms with van der Waals surface area (Å²) in [4.78, 5) is 12.4. The van der Waals surface area contributed by atoms with Crippen LogP contribution in [-0.4, -0.2) is 24.4 Å². The fourth-order valence-electron chi connectivity index (χ4n) is 2.35. The Bertz CT molecular complexity index is 483. The summed E-state index contributed by atoms with van der Waals surface area (Å²) in [5.41, 5.74) is 0.0387. The van der Waals surface area contributed by atoms with E-state index in [1.807, 2.05) is 12.3 Å². The molecule has 0 bridgehead atoms. The van der Waals surface area contributed by atoms with Crippen molar-refractivity contribution in [3.8, 4) is 5.75 Å². The predicted octanol–water partition coefficient (Wildman–Crippen LogP) is 3.58. The van der Waals surface area contributed by atoms with E-state index in [9.17, 15) is 9.90 Å². The molecule has 5 heteroatoms. The smallest absolute Gasteiger partial charge is 0.314 e. The molecule has 0 atom stereocenters. The molecule has 0 spiro atoms. The molecule has 1 aromatic carbocycles. The Labute approximate surface area is 115 Å². The van der Waals surface area contributed by atoms with Crippen LogP contribution in [0.15, 0.2) is 17.0 Å². The van der Waals surface area contributed by atoms with Crippen LogP contribution in [0.5, 0.6) is 5.75 Å². The Kier molecular flexibility index (Phi) is 3.78. The molecule has 0 amide bonds. The third kappa shape index (κ3) is 1.97. The molecule has 1 aliphatic carbocycles. The average Bonchev–Trinajstić information content (AvgIpc) is 2.26. The predicted molar refractivity (Wildman–Crippen MR) is 72.9 cm³/mol. The fourth-order valence-corrected chi connectivity index (χ4v) is 3.33. The third-order valence-corrected chi connectivity index (χ3v) is 4.63. The average molecular weight is 287 g/mol. The van der Waals surface area contributed by atoms with Crippen LogP contribution in [0, 0.1) is 0 Å². The van der Waals surface area contributed by atoms with E-state index in [4.69, 9.17) is 16.3 Å². The molecule has 0 saturated heterocycles. The molecule has 1 saturated carbocycles. The minimum Gasteiger partial charge on any atom is -0.494 e. The van der Waals surface area contributed by atoms with Crippen molar-refractivity contribution in [2.45, 2.75) is 29.6 Å². The lowest BCUT2D eigenvalue weighted by atomic mass is 9.64. The number of methoxy groups -OCH3 is 1. The number of carboxylic acids is 1. The molecule has 1 fully saturated rings. The lowest BCUT2D eigenvalue weighted by molar-refractivity contribution is -0.147. The topological polar surface area (TPSA) is 46.5 Å². The van der Waals surface area contributed by atoms with Crippen molar-refractivity contribution in [3.05, 3.63) is 22.7 Å². The third-order valence-electron chi connectivity index (χ3n) is 3.60. The highest BCUT2D eigenvalue weighted by atomic mass is 35.5. The number of hydrogen-bond donors (Lipinski definition) is 1. The van der Waals surface area contributed by atoms with Gasteiger partial charge in [0.25, 0.3) is 0 Å². The molecule has 1 aromatic rings. The van der Waals surface area contributed by atoms with E-state index in [2.05, 4.69) is 0 Å². The minimum atomic E-state index is -0.762. The molecule has 1 aliphatic rings. The summed E-state index contributed by atoms with van der Waals surface area (Å²) >= 11 is 7.68. The second-order valence-corrected chi connectivity index (χ2v) is 5.69. The van der Waals surface area contributed by atoms with Crippen LogP contribution in [0.1, 0.15) is 24.8 Å². The zero-order chi connectivity index (χ0) is 13.3. The molecule has 98 valence electrons. The minimum absolute atomic E-state index is 0.479. The molecule has 3 nitrogen and oxygen atoms in total. The Morgan fingerprint density at radius 1 is 1.50 bits per heavy atom. The van der Waals surface area contributed by atoms with Crippen molar-refractivity contribution in [3.63, 3.8) is 0 Å². The number of halogens is 1. The summed E-state index contributed by atoms with van der Waals surface area (Å²) in [7, 11) is 1.57. The van der Waals surface area contributed by atoms with E-state index >= 15 is 0 Å². The molecule has 0 radical (unpaired) electrons. The van der Waals surface area contributed by atoms with Crippen LogP contribution in [0.25, 0.3) is 0 Å². The van der Waals surface area contributed by atoms with Crippen LogP contribution in [0.2, 0.25) is 5.02 Å². The van der Waals surface area contributed by atoms with Gasteiger partial charge in [0, 0.05) is 0 Å². The maximum Gasteiger partial charge on any atom is 0.314 e. The van der Waals surface area contributed by atoms with Gasteiger partial charge in [0.2, 0.25) is 0 Å². The molecule has 18 heavy (non-hydrogen) atoms. The first-order valence-electron chi connectivity index (χ1n) is 5.70. The molecule has 0 aromatic heterocycles. The van der Waals surface area contributed by atoms with Crippen molar-refractivity contribution < 1.29 is 14.6 Å². The van der Waals surface area contributed by atoms with Gasteiger partial charge in [0.15, 0.2) is 5.75 Å². The van der Waals surface area contributed by atoms with Crippen molar-refractivity contribution in [2.75, 3.05) is 13.4 Å². The van der Waals surface area contributed by atoms with Crippen molar-refractivity contribution in [1.29, 1.82) is 0 Å². The quantitative estimate of drug-likeness (QED) is 0.860. The van der Waals surface area contributed by atoms with Gasteiger partial charge in [-0.15, -0.1) is 11.8 Å². The van der Waals surface area contributed by atoms with Crippen LogP contribution in [0.4, 0.5) is 0 Å². The second kappa shape index (κ2) is 5.02. The Hall–Kier alpha value is -0.870. The lowest BCUT2D eigenvalue weighted by Gasteiger charge is -2.38. The SMILES string of the molecule is COc1c(Cl)cc(C2(C(=O)O)CCC2)cc1SC. The van der Waals surface area contributed by atoms with Gasteiger partial charge in [-0.25, -0.2) is 0 Å². The van der Waals surface area contributed by atoms with Gasteiger partial charge in [-0.05, 0) is 36.8 Å². The molecule has 1 N–H and O–H groups in total. The van der Waals surface area contributed by atoms with Gasteiger partial charge >= 0.3 is 5.97 Å². The fraction of sp³-hybridized carbons (Fsp3) is 0.462. The van der Waals surface area contributed by atoms with Crippen LogP contribution < -0.4 is 4.74 Å². The number of aliphatic carboxylic acids is 1. The van der Waals surface area contributed by atoms with Crippen LogP contribution in [0.3, 0.4) is 0 Å². The standard InChI is InChI=1S/C13H15ClO3S/c1-17-11-9(14)6-8(7-10(11)18-2)13(12(15)16)4-3-5-13/h6-7H,3-5H2,1-2H3,(H,15,16). The number of thioether (sulfide) groups is 1. The van der Waals surface area contributed by atoms with E-state index in [0.29, 0.717) is 23.6 Å². The largest absolute Gasteiger partial charge is 0.494 e. The van der Waals surface area contributed by atoms with Crippen LogP contribution in [-0.2, 0) is 10.2 Å². The lowest BCUT2D eigenvalue weighted by Crippen LogP contribution is -2.42. The molecular weight excluding hydrogens is 272 g/mol. The number of carbonyl (C=O) groups is 1. The molecular formula is C13H15ClO3S. The van der Waals surface area contributed by atoms with Gasteiger partial charge in [-0.1, -0.05) is 18.0 Å². The van der Waals surface area contributed by atoms with Gasteiger partial charge in [-0.2, -0.15) is 0 Å². The Morgan fingerprint density at radius 2 is 2.17 bits per heavy atom. The number of hydrogen-bond acceptors (Lipinski definition) is 3. The number of benzene rings is 1. The number of ether oxygens (including phenoxy) is 1. The first kappa shape index (κ1) is 13.6. The monoisotopic (exact) mass is 286 g/mol. The second-order valence-electron chi connectivity index (χ2n) is 4.43. The highest BCUT2D eigenvalue weighted by Crippen LogP contribution is 2.47. The van der Waals surface area contributed by atoms with E-state index in [-0.39, 0.29) is 0 Å². The van der Waals surface area contributed by atoms with Gasteiger partial charge in [0.05, 0.1) is 22.4 Å². The molecule has 0 aliphatic heterocycles. The summed E-state index contributed by atoms with van der Waals surface area (Å²) < 4.78 is 5.25. The molecule has 0 heterocycles. The first-order valence-corrected chi connectivity index (χ1v) is 7.31. The van der Waals surface area contributed by atoms with Gasteiger partial charge in [-0.3, -0.25) is 4.79 Å². The van der Waals surface area contributed by atoms with Crippen molar-refractivity contribution in [2.24, 2.45) is 0 Å². The highest BCUT2D eigenvalue weighted by Gasteiger charge is 2.46. The summed E-state index contributed by atoms with van der Waals surface area (Å²) in [6, 6.07) is 3.62. The number of rotatable bonds is 4. The maximum atomic E-state index is 11.5.